The number of benzene rings is 1. The number of hydrogen-bond acceptors (Lipinski definition) is 2. The van der Waals surface area contributed by atoms with Crippen LogP contribution in [0.15, 0.2) is 28.7 Å². The SMILES string of the molecule is O=C(NCCCOCC1CC1)C1(c2ccc(Br)cc2)CC1. The van der Waals surface area contributed by atoms with Crippen LogP contribution in [0.2, 0.25) is 0 Å². The van der Waals surface area contributed by atoms with Gasteiger partial charge in [0.25, 0.3) is 0 Å². The summed E-state index contributed by atoms with van der Waals surface area (Å²) in [7, 11) is 0. The number of rotatable bonds is 8. The van der Waals surface area contributed by atoms with Gasteiger partial charge in [0.1, 0.15) is 0 Å². The normalized spacial score (nSPS) is 19.3. The van der Waals surface area contributed by atoms with Crippen LogP contribution in [0.5, 0.6) is 0 Å². The Morgan fingerprint density at radius 3 is 2.62 bits per heavy atom. The van der Waals surface area contributed by atoms with Gasteiger partial charge in [0.2, 0.25) is 5.91 Å². The maximum absolute atomic E-state index is 12.4. The Hall–Kier alpha value is -0.870. The summed E-state index contributed by atoms with van der Waals surface area (Å²) in [5.74, 6) is 0.985. The molecule has 1 aromatic rings. The van der Waals surface area contributed by atoms with Gasteiger partial charge >= 0.3 is 0 Å². The van der Waals surface area contributed by atoms with Gasteiger partial charge in [-0.2, -0.15) is 0 Å². The van der Waals surface area contributed by atoms with Gasteiger partial charge in [-0.25, -0.2) is 0 Å². The van der Waals surface area contributed by atoms with Crippen LogP contribution in [0.3, 0.4) is 0 Å². The molecule has 0 unspecified atom stereocenters. The third-order valence-corrected chi connectivity index (χ3v) is 4.91. The summed E-state index contributed by atoms with van der Waals surface area (Å²) in [6.45, 7) is 2.36. The zero-order chi connectivity index (χ0) is 14.7. The van der Waals surface area contributed by atoms with Crippen molar-refractivity contribution in [2.45, 2.75) is 37.5 Å². The van der Waals surface area contributed by atoms with E-state index < -0.39 is 0 Å². The highest BCUT2D eigenvalue weighted by Crippen LogP contribution is 2.48. The molecule has 2 fully saturated rings. The quantitative estimate of drug-likeness (QED) is 0.728. The minimum atomic E-state index is -0.268. The molecule has 0 aromatic heterocycles. The minimum absolute atomic E-state index is 0.173. The fourth-order valence-electron chi connectivity index (χ4n) is 2.62. The standard InChI is InChI=1S/C17H22BrNO2/c18-15-6-4-14(5-7-15)17(8-9-17)16(20)19-10-1-11-21-12-13-2-3-13/h4-7,13H,1-3,8-12H2,(H,19,20). The number of carbonyl (C=O) groups excluding carboxylic acids is 1. The number of ether oxygens (including phenoxy) is 1. The van der Waals surface area contributed by atoms with Crippen molar-refractivity contribution >= 4 is 21.8 Å². The lowest BCUT2D eigenvalue weighted by Crippen LogP contribution is -2.35. The smallest absolute Gasteiger partial charge is 0.230 e. The van der Waals surface area contributed by atoms with Crippen molar-refractivity contribution in [3.8, 4) is 0 Å². The molecule has 3 rings (SSSR count). The van der Waals surface area contributed by atoms with E-state index in [0.717, 1.165) is 48.4 Å². The molecule has 2 aliphatic carbocycles. The first kappa shape index (κ1) is 15.0. The molecule has 0 heterocycles. The Kier molecular flexibility index (Phi) is 4.65. The molecule has 1 N–H and O–H groups in total. The highest BCUT2D eigenvalue weighted by atomic mass is 79.9. The summed E-state index contributed by atoms with van der Waals surface area (Å²) in [6.07, 6.45) is 5.46. The van der Waals surface area contributed by atoms with E-state index in [1.54, 1.807) is 0 Å². The summed E-state index contributed by atoms with van der Waals surface area (Å²) >= 11 is 3.44. The zero-order valence-electron chi connectivity index (χ0n) is 12.2. The molecule has 0 spiro atoms. The summed E-state index contributed by atoms with van der Waals surface area (Å²) in [5.41, 5.74) is 0.864. The average molecular weight is 352 g/mol. The van der Waals surface area contributed by atoms with Gasteiger partial charge in [-0.15, -0.1) is 0 Å². The molecule has 1 amide bonds. The number of halogens is 1. The number of nitrogens with one attached hydrogen (secondary N) is 1. The summed E-state index contributed by atoms with van der Waals surface area (Å²) < 4.78 is 6.63. The van der Waals surface area contributed by atoms with Crippen LogP contribution in [-0.4, -0.2) is 25.7 Å². The topological polar surface area (TPSA) is 38.3 Å². The number of hydrogen-bond donors (Lipinski definition) is 1. The van der Waals surface area contributed by atoms with Gasteiger partial charge in [0.05, 0.1) is 5.41 Å². The Balaban J connectivity index is 1.40. The van der Waals surface area contributed by atoms with E-state index in [9.17, 15) is 4.79 Å². The average Bonchev–Trinajstić information content (AvgIpc) is 3.37. The predicted molar refractivity (Wildman–Crippen MR) is 86.2 cm³/mol. The molecule has 0 bridgehead atoms. The van der Waals surface area contributed by atoms with E-state index in [4.69, 9.17) is 4.74 Å². The lowest BCUT2D eigenvalue weighted by atomic mass is 9.95. The third-order valence-electron chi connectivity index (χ3n) is 4.38. The lowest BCUT2D eigenvalue weighted by molar-refractivity contribution is -0.123. The molecule has 0 saturated heterocycles. The van der Waals surface area contributed by atoms with Gasteiger partial charge in [-0.1, -0.05) is 28.1 Å². The Bertz CT molecular complexity index is 492. The zero-order valence-corrected chi connectivity index (χ0v) is 13.8. The maximum atomic E-state index is 12.4. The van der Waals surface area contributed by atoms with Crippen LogP contribution in [0.25, 0.3) is 0 Å². The molecule has 1 aromatic carbocycles. The Labute approximate surface area is 134 Å². The van der Waals surface area contributed by atoms with Crippen molar-refractivity contribution < 1.29 is 9.53 Å². The molecule has 2 aliphatic rings. The van der Waals surface area contributed by atoms with Gasteiger partial charge in [-0.05, 0) is 55.7 Å². The molecule has 0 atom stereocenters. The first-order valence-corrected chi connectivity index (χ1v) is 8.62. The van der Waals surface area contributed by atoms with E-state index in [2.05, 4.69) is 33.4 Å². The number of carbonyl (C=O) groups is 1. The van der Waals surface area contributed by atoms with E-state index in [-0.39, 0.29) is 11.3 Å². The second-order valence-electron chi connectivity index (χ2n) is 6.22. The van der Waals surface area contributed by atoms with Gasteiger partial charge in [-0.3, -0.25) is 4.79 Å². The van der Waals surface area contributed by atoms with Crippen molar-refractivity contribution in [3.05, 3.63) is 34.3 Å². The van der Waals surface area contributed by atoms with Gasteiger partial charge in [0, 0.05) is 24.2 Å². The largest absolute Gasteiger partial charge is 0.381 e. The molecule has 0 aliphatic heterocycles. The summed E-state index contributed by atoms with van der Waals surface area (Å²) in [6, 6.07) is 8.12. The summed E-state index contributed by atoms with van der Waals surface area (Å²) in [4.78, 5) is 12.4. The maximum Gasteiger partial charge on any atom is 0.230 e. The second-order valence-corrected chi connectivity index (χ2v) is 7.13. The first-order valence-electron chi connectivity index (χ1n) is 7.83. The van der Waals surface area contributed by atoms with Crippen LogP contribution in [0, 0.1) is 5.92 Å². The van der Waals surface area contributed by atoms with Crippen LogP contribution in [0.1, 0.15) is 37.7 Å². The van der Waals surface area contributed by atoms with Crippen LogP contribution in [0.4, 0.5) is 0 Å². The van der Waals surface area contributed by atoms with E-state index in [1.165, 1.54) is 12.8 Å². The van der Waals surface area contributed by atoms with Crippen molar-refractivity contribution in [1.29, 1.82) is 0 Å². The van der Waals surface area contributed by atoms with Gasteiger partial charge in [0.15, 0.2) is 0 Å². The third kappa shape index (κ3) is 3.86. The molecule has 2 saturated carbocycles. The molecule has 4 heteroatoms. The number of amides is 1. The van der Waals surface area contributed by atoms with Crippen molar-refractivity contribution in [2.24, 2.45) is 5.92 Å². The fourth-order valence-corrected chi connectivity index (χ4v) is 2.88. The fraction of sp³-hybridized carbons (Fsp3) is 0.588. The molecule has 3 nitrogen and oxygen atoms in total. The van der Waals surface area contributed by atoms with Crippen molar-refractivity contribution in [2.75, 3.05) is 19.8 Å². The Morgan fingerprint density at radius 2 is 2.00 bits per heavy atom. The lowest BCUT2D eigenvalue weighted by Gasteiger charge is -2.16. The molecular formula is C17H22BrNO2. The van der Waals surface area contributed by atoms with Crippen molar-refractivity contribution in [1.82, 2.24) is 5.32 Å². The van der Waals surface area contributed by atoms with Crippen LogP contribution >= 0.6 is 15.9 Å². The van der Waals surface area contributed by atoms with E-state index >= 15 is 0 Å². The second kappa shape index (κ2) is 6.49. The van der Waals surface area contributed by atoms with E-state index in [0.29, 0.717) is 6.54 Å². The Morgan fingerprint density at radius 1 is 1.29 bits per heavy atom. The highest BCUT2D eigenvalue weighted by Gasteiger charge is 2.50. The van der Waals surface area contributed by atoms with Crippen LogP contribution in [-0.2, 0) is 14.9 Å². The van der Waals surface area contributed by atoms with E-state index in [1.807, 2.05) is 12.1 Å². The molecular weight excluding hydrogens is 330 g/mol. The molecule has 0 radical (unpaired) electrons. The van der Waals surface area contributed by atoms with Crippen LogP contribution < -0.4 is 5.32 Å². The van der Waals surface area contributed by atoms with Crippen molar-refractivity contribution in [3.63, 3.8) is 0 Å². The van der Waals surface area contributed by atoms with Gasteiger partial charge < -0.3 is 10.1 Å². The molecule has 114 valence electrons. The minimum Gasteiger partial charge on any atom is -0.381 e. The molecule has 21 heavy (non-hydrogen) atoms. The summed E-state index contributed by atoms with van der Waals surface area (Å²) in [5, 5.41) is 3.07. The monoisotopic (exact) mass is 351 g/mol. The first-order chi connectivity index (χ1) is 10.2. The highest BCUT2D eigenvalue weighted by molar-refractivity contribution is 9.10. The predicted octanol–water partition coefficient (Wildman–Crippen LogP) is 3.41.